The van der Waals surface area contributed by atoms with E-state index >= 15 is 0 Å². The first-order chi connectivity index (χ1) is 8.22. The summed E-state index contributed by atoms with van der Waals surface area (Å²) >= 11 is 3.19. The molecule has 0 radical (unpaired) electrons. The zero-order valence-electron chi connectivity index (χ0n) is 9.56. The molecule has 2 heterocycles. The minimum absolute atomic E-state index is 0.0214. The van der Waals surface area contributed by atoms with Gasteiger partial charge in [0.1, 0.15) is 0 Å². The molecule has 0 saturated carbocycles. The third-order valence-corrected chi connectivity index (χ3v) is 3.56. The molecular weight excluding hydrogens is 286 g/mol. The molecule has 1 aliphatic rings. The first-order valence-electron chi connectivity index (χ1n) is 5.89. The van der Waals surface area contributed by atoms with E-state index in [1.54, 1.807) is 17.0 Å². The lowest BCUT2D eigenvalue weighted by molar-refractivity contribution is 0.0567. The van der Waals surface area contributed by atoms with Crippen LogP contribution in [0, 0.1) is 0 Å². The van der Waals surface area contributed by atoms with Crippen molar-refractivity contribution in [1.82, 2.24) is 4.90 Å². The van der Waals surface area contributed by atoms with Crippen LogP contribution in [0.1, 0.15) is 36.2 Å². The average molecular weight is 302 g/mol. The number of furan rings is 1. The van der Waals surface area contributed by atoms with Crippen LogP contribution in [0.5, 0.6) is 0 Å². The molecule has 1 aliphatic heterocycles. The predicted molar refractivity (Wildman–Crippen MR) is 66.8 cm³/mol. The summed E-state index contributed by atoms with van der Waals surface area (Å²) < 4.78 is 5.83. The van der Waals surface area contributed by atoms with Crippen LogP contribution >= 0.6 is 15.9 Å². The van der Waals surface area contributed by atoms with Crippen molar-refractivity contribution < 1.29 is 14.3 Å². The Hall–Kier alpha value is -0.810. The van der Waals surface area contributed by atoms with Crippen LogP contribution in [0.3, 0.4) is 0 Å². The highest BCUT2D eigenvalue weighted by Gasteiger charge is 2.27. The molecule has 1 saturated heterocycles. The Labute approximate surface area is 109 Å². The van der Waals surface area contributed by atoms with Crippen LogP contribution in [-0.2, 0) is 0 Å². The van der Waals surface area contributed by atoms with E-state index in [1.165, 1.54) is 0 Å². The van der Waals surface area contributed by atoms with Crippen molar-refractivity contribution in [1.29, 1.82) is 0 Å². The third kappa shape index (κ3) is 2.90. The second-order valence-electron chi connectivity index (χ2n) is 4.29. The van der Waals surface area contributed by atoms with Crippen molar-refractivity contribution in [2.24, 2.45) is 0 Å². The smallest absolute Gasteiger partial charge is 0.289 e. The van der Waals surface area contributed by atoms with Crippen LogP contribution in [0.15, 0.2) is 21.2 Å². The van der Waals surface area contributed by atoms with E-state index in [-0.39, 0.29) is 18.6 Å². The normalized spacial score (nSPS) is 21.3. The van der Waals surface area contributed by atoms with Gasteiger partial charge in [0.25, 0.3) is 5.91 Å². The van der Waals surface area contributed by atoms with Crippen molar-refractivity contribution in [3.63, 3.8) is 0 Å². The summed E-state index contributed by atoms with van der Waals surface area (Å²) in [6, 6.07) is 3.29. The molecule has 1 amide bonds. The number of likely N-dealkylation sites (tertiary alicyclic amines) is 1. The minimum Gasteiger partial charge on any atom is -0.444 e. The van der Waals surface area contributed by atoms with Crippen molar-refractivity contribution in [2.45, 2.75) is 31.7 Å². The van der Waals surface area contributed by atoms with Crippen molar-refractivity contribution >= 4 is 21.8 Å². The van der Waals surface area contributed by atoms with Crippen LogP contribution in [-0.4, -0.2) is 35.1 Å². The summed E-state index contributed by atoms with van der Waals surface area (Å²) in [5.74, 6) is 0.203. The number of hydrogen-bond donors (Lipinski definition) is 1. The maximum absolute atomic E-state index is 12.2. The predicted octanol–water partition coefficient (Wildman–Crippen LogP) is 2.42. The molecule has 0 bridgehead atoms. The molecule has 1 aromatic rings. The van der Waals surface area contributed by atoms with E-state index in [0.717, 1.165) is 25.7 Å². The molecule has 1 N–H and O–H groups in total. The molecule has 1 fully saturated rings. The Morgan fingerprint density at radius 2 is 2.29 bits per heavy atom. The zero-order chi connectivity index (χ0) is 12.3. The fraction of sp³-hybridized carbons (Fsp3) is 0.583. The highest BCUT2D eigenvalue weighted by Crippen LogP contribution is 2.21. The summed E-state index contributed by atoms with van der Waals surface area (Å²) in [6.45, 7) is 0.718. The average Bonchev–Trinajstić information content (AvgIpc) is 2.64. The number of carbonyl (C=O) groups excluding carboxylic acids is 1. The Morgan fingerprint density at radius 3 is 2.94 bits per heavy atom. The Balaban J connectivity index is 2.15. The number of carbonyl (C=O) groups is 1. The second-order valence-corrected chi connectivity index (χ2v) is 5.07. The largest absolute Gasteiger partial charge is 0.444 e. The first-order valence-corrected chi connectivity index (χ1v) is 6.69. The molecule has 5 heteroatoms. The highest BCUT2D eigenvalue weighted by molar-refractivity contribution is 9.10. The molecule has 17 heavy (non-hydrogen) atoms. The van der Waals surface area contributed by atoms with Gasteiger partial charge in [0.2, 0.25) is 0 Å². The fourth-order valence-corrected chi connectivity index (χ4v) is 2.51. The van der Waals surface area contributed by atoms with Gasteiger partial charge in [-0.15, -0.1) is 0 Å². The van der Waals surface area contributed by atoms with Gasteiger partial charge in [-0.3, -0.25) is 4.79 Å². The molecule has 94 valence electrons. The SMILES string of the molecule is O=C(c1ccc(Br)o1)N1CCCCCC1CO. The fourth-order valence-electron chi connectivity index (χ4n) is 2.21. The standard InChI is InChI=1S/C12H16BrNO3/c13-11-6-5-10(17-11)12(16)14-7-3-1-2-4-9(14)8-15/h5-6,9,15H,1-4,7-8H2. The molecule has 2 rings (SSSR count). The van der Waals surface area contributed by atoms with E-state index < -0.39 is 0 Å². The molecule has 4 nitrogen and oxygen atoms in total. The Bertz CT molecular complexity index is 391. The summed E-state index contributed by atoms with van der Waals surface area (Å²) in [5, 5.41) is 9.35. The van der Waals surface area contributed by atoms with Crippen molar-refractivity contribution in [3.05, 3.63) is 22.6 Å². The number of aliphatic hydroxyl groups is 1. The number of amides is 1. The third-order valence-electron chi connectivity index (χ3n) is 3.13. The number of aliphatic hydroxyl groups excluding tert-OH is 1. The monoisotopic (exact) mass is 301 g/mol. The first kappa shape index (κ1) is 12.6. The maximum Gasteiger partial charge on any atom is 0.289 e. The van der Waals surface area contributed by atoms with Crippen molar-refractivity contribution in [2.75, 3.05) is 13.2 Å². The van der Waals surface area contributed by atoms with Crippen molar-refractivity contribution in [3.8, 4) is 0 Å². The quantitative estimate of drug-likeness (QED) is 0.913. The molecule has 0 aliphatic carbocycles. The van der Waals surface area contributed by atoms with Gasteiger partial charge in [0.05, 0.1) is 12.6 Å². The molecule has 0 spiro atoms. The summed E-state index contributed by atoms with van der Waals surface area (Å²) in [6.07, 6.45) is 4.03. The van der Waals surface area contributed by atoms with Gasteiger partial charge in [0.15, 0.2) is 10.4 Å². The Kier molecular flexibility index (Phi) is 4.23. The van der Waals surface area contributed by atoms with E-state index in [2.05, 4.69) is 15.9 Å². The number of halogens is 1. The van der Waals surface area contributed by atoms with Gasteiger partial charge in [-0.25, -0.2) is 0 Å². The van der Waals surface area contributed by atoms with Crippen LogP contribution < -0.4 is 0 Å². The maximum atomic E-state index is 12.2. The van der Waals surface area contributed by atoms with Gasteiger partial charge in [-0.1, -0.05) is 12.8 Å². The topological polar surface area (TPSA) is 53.7 Å². The highest BCUT2D eigenvalue weighted by atomic mass is 79.9. The molecule has 1 atom stereocenters. The summed E-state index contributed by atoms with van der Waals surface area (Å²) in [7, 11) is 0. The van der Waals surface area contributed by atoms with Gasteiger partial charge >= 0.3 is 0 Å². The Morgan fingerprint density at radius 1 is 1.47 bits per heavy atom. The molecule has 1 aromatic heterocycles. The zero-order valence-corrected chi connectivity index (χ0v) is 11.1. The van der Waals surface area contributed by atoms with Gasteiger partial charge in [-0.2, -0.15) is 0 Å². The molecule has 1 unspecified atom stereocenters. The van der Waals surface area contributed by atoms with E-state index in [4.69, 9.17) is 4.42 Å². The summed E-state index contributed by atoms with van der Waals surface area (Å²) in [4.78, 5) is 14.0. The lowest BCUT2D eigenvalue weighted by atomic mass is 10.1. The van der Waals surface area contributed by atoms with Crippen LogP contribution in [0.25, 0.3) is 0 Å². The second kappa shape index (κ2) is 5.69. The minimum atomic E-state index is -0.128. The number of nitrogens with zero attached hydrogens (tertiary/aromatic N) is 1. The van der Waals surface area contributed by atoms with E-state index in [9.17, 15) is 9.90 Å². The van der Waals surface area contributed by atoms with Gasteiger partial charge in [-0.05, 0) is 40.9 Å². The molecular formula is C12H16BrNO3. The summed E-state index contributed by atoms with van der Waals surface area (Å²) in [5.41, 5.74) is 0. The lowest BCUT2D eigenvalue weighted by Crippen LogP contribution is -2.41. The van der Waals surface area contributed by atoms with Crippen LogP contribution in [0.4, 0.5) is 0 Å². The lowest BCUT2D eigenvalue weighted by Gasteiger charge is -2.27. The number of rotatable bonds is 2. The molecule has 0 aromatic carbocycles. The van der Waals surface area contributed by atoms with E-state index in [1.807, 2.05) is 0 Å². The number of hydrogen-bond acceptors (Lipinski definition) is 3. The van der Waals surface area contributed by atoms with Gasteiger partial charge in [0, 0.05) is 6.54 Å². The van der Waals surface area contributed by atoms with Crippen LogP contribution in [0.2, 0.25) is 0 Å². The van der Waals surface area contributed by atoms with E-state index in [0.29, 0.717) is 17.0 Å². The van der Waals surface area contributed by atoms with Gasteiger partial charge < -0.3 is 14.4 Å².